The van der Waals surface area contributed by atoms with Crippen molar-refractivity contribution in [2.75, 3.05) is 13.2 Å². The van der Waals surface area contributed by atoms with Crippen LogP contribution in [0.5, 0.6) is 0 Å². The maximum atomic E-state index is 15.1. The Kier molecular flexibility index (Phi) is 6.89. The second-order valence-electron chi connectivity index (χ2n) is 8.28. The van der Waals surface area contributed by atoms with Crippen molar-refractivity contribution in [3.05, 3.63) is 67.5 Å². The molecule has 8 heteroatoms. The fourth-order valence-corrected chi connectivity index (χ4v) is 3.37. The SMILES string of the molecule is CC(C)(CO)OCC(=O)c1cn(CC2CC2)c(=O)c(F)c1Cc1ccc(Br)cc1F. The zero-order valence-electron chi connectivity index (χ0n) is 16.9. The molecular formula is C22H24BrF2NO4. The molecule has 0 radical (unpaired) electrons. The number of halogens is 3. The molecule has 1 aliphatic carbocycles. The molecule has 1 saturated carbocycles. The number of benzene rings is 1. The molecule has 0 amide bonds. The summed E-state index contributed by atoms with van der Waals surface area (Å²) in [5.74, 6) is -1.86. The summed E-state index contributed by atoms with van der Waals surface area (Å²) in [6.45, 7) is 2.88. The fourth-order valence-electron chi connectivity index (χ4n) is 3.03. The lowest BCUT2D eigenvalue weighted by Crippen LogP contribution is -2.33. The number of Topliss-reactive ketones (excluding diaryl/α,β-unsaturated/α-hetero) is 1. The van der Waals surface area contributed by atoms with E-state index in [4.69, 9.17) is 4.74 Å². The lowest BCUT2D eigenvalue weighted by molar-refractivity contribution is -0.0447. The van der Waals surface area contributed by atoms with Crippen molar-refractivity contribution in [3.63, 3.8) is 0 Å². The van der Waals surface area contributed by atoms with E-state index >= 15 is 4.39 Å². The van der Waals surface area contributed by atoms with Crippen molar-refractivity contribution in [2.24, 2.45) is 5.92 Å². The van der Waals surface area contributed by atoms with Crippen LogP contribution in [0.2, 0.25) is 0 Å². The molecule has 1 heterocycles. The summed E-state index contributed by atoms with van der Waals surface area (Å²) in [5, 5.41) is 9.32. The summed E-state index contributed by atoms with van der Waals surface area (Å²) >= 11 is 3.17. The summed E-state index contributed by atoms with van der Waals surface area (Å²) in [7, 11) is 0. The van der Waals surface area contributed by atoms with E-state index in [2.05, 4.69) is 15.9 Å². The van der Waals surface area contributed by atoms with Crippen LogP contribution in [0.25, 0.3) is 0 Å². The monoisotopic (exact) mass is 483 g/mol. The van der Waals surface area contributed by atoms with Crippen molar-refractivity contribution < 1.29 is 23.4 Å². The molecule has 2 aromatic rings. The molecule has 1 aromatic heterocycles. The number of hydrogen-bond acceptors (Lipinski definition) is 4. The van der Waals surface area contributed by atoms with Crippen molar-refractivity contribution in [1.29, 1.82) is 0 Å². The molecule has 30 heavy (non-hydrogen) atoms. The lowest BCUT2D eigenvalue weighted by atomic mass is 9.98. The highest BCUT2D eigenvalue weighted by Crippen LogP contribution is 2.30. The predicted molar refractivity (Wildman–Crippen MR) is 112 cm³/mol. The average molecular weight is 484 g/mol. The number of aliphatic hydroxyl groups excluding tert-OH is 1. The zero-order chi connectivity index (χ0) is 22.1. The van der Waals surface area contributed by atoms with E-state index in [9.17, 15) is 19.1 Å². The Bertz CT molecular complexity index is 1010. The molecule has 0 saturated heterocycles. The summed E-state index contributed by atoms with van der Waals surface area (Å²) in [6.07, 6.45) is 3.02. The maximum absolute atomic E-state index is 15.1. The third-order valence-electron chi connectivity index (χ3n) is 5.13. The van der Waals surface area contributed by atoms with Gasteiger partial charge in [0.1, 0.15) is 12.4 Å². The Balaban J connectivity index is 2.01. The fraction of sp³-hybridized carbons (Fsp3) is 0.455. The first-order valence-electron chi connectivity index (χ1n) is 9.75. The van der Waals surface area contributed by atoms with Gasteiger partial charge in [-0.3, -0.25) is 9.59 Å². The molecule has 0 aliphatic heterocycles. The minimum absolute atomic E-state index is 0.0104. The van der Waals surface area contributed by atoms with Gasteiger partial charge in [-0.2, -0.15) is 0 Å². The number of aliphatic hydroxyl groups is 1. The van der Waals surface area contributed by atoms with Crippen LogP contribution < -0.4 is 5.56 Å². The summed E-state index contributed by atoms with van der Waals surface area (Å²) in [5.41, 5.74) is -1.76. The zero-order valence-corrected chi connectivity index (χ0v) is 18.5. The quantitative estimate of drug-likeness (QED) is 0.549. The van der Waals surface area contributed by atoms with Gasteiger partial charge < -0.3 is 14.4 Å². The minimum atomic E-state index is -1.05. The van der Waals surface area contributed by atoms with E-state index in [1.54, 1.807) is 19.9 Å². The first kappa shape index (κ1) is 22.8. The van der Waals surface area contributed by atoms with Gasteiger partial charge in [-0.25, -0.2) is 8.78 Å². The van der Waals surface area contributed by atoms with E-state index in [0.29, 0.717) is 16.9 Å². The first-order valence-corrected chi connectivity index (χ1v) is 10.5. The number of rotatable bonds is 9. The molecule has 0 atom stereocenters. The van der Waals surface area contributed by atoms with Crippen molar-refractivity contribution in [3.8, 4) is 0 Å². The van der Waals surface area contributed by atoms with Crippen LogP contribution in [-0.4, -0.2) is 34.3 Å². The number of aromatic nitrogens is 1. The van der Waals surface area contributed by atoms with Gasteiger partial charge in [0.2, 0.25) is 0 Å². The highest BCUT2D eigenvalue weighted by molar-refractivity contribution is 9.10. The van der Waals surface area contributed by atoms with Crippen LogP contribution in [0.15, 0.2) is 33.7 Å². The maximum Gasteiger partial charge on any atom is 0.286 e. The van der Waals surface area contributed by atoms with Crippen LogP contribution >= 0.6 is 15.9 Å². The molecule has 1 aromatic carbocycles. The molecule has 0 spiro atoms. The molecule has 0 bridgehead atoms. The van der Waals surface area contributed by atoms with Crippen molar-refractivity contribution >= 4 is 21.7 Å². The number of carbonyl (C=O) groups is 1. The third kappa shape index (κ3) is 5.42. The van der Waals surface area contributed by atoms with Crippen LogP contribution in [0.1, 0.15) is 48.2 Å². The Morgan fingerprint density at radius 3 is 2.63 bits per heavy atom. The summed E-state index contributed by atoms with van der Waals surface area (Å²) < 4.78 is 36.6. The van der Waals surface area contributed by atoms with Crippen LogP contribution in [-0.2, 0) is 17.7 Å². The largest absolute Gasteiger partial charge is 0.393 e. The summed E-state index contributed by atoms with van der Waals surface area (Å²) in [6, 6.07) is 4.34. The number of ether oxygens (including phenoxy) is 1. The summed E-state index contributed by atoms with van der Waals surface area (Å²) in [4.78, 5) is 25.4. The van der Waals surface area contributed by atoms with Gasteiger partial charge in [0.15, 0.2) is 11.6 Å². The van der Waals surface area contributed by atoms with Gasteiger partial charge in [-0.15, -0.1) is 0 Å². The highest BCUT2D eigenvalue weighted by Gasteiger charge is 2.27. The van der Waals surface area contributed by atoms with E-state index in [1.165, 1.54) is 22.9 Å². The van der Waals surface area contributed by atoms with Crippen molar-refractivity contribution in [2.45, 2.75) is 45.3 Å². The predicted octanol–water partition coefficient (Wildman–Crippen LogP) is 3.86. The van der Waals surface area contributed by atoms with E-state index in [-0.39, 0.29) is 29.7 Å². The molecule has 1 N–H and O–H groups in total. The second kappa shape index (κ2) is 9.08. The molecule has 5 nitrogen and oxygen atoms in total. The first-order chi connectivity index (χ1) is 14.1. The van der Waals surface area contributed by atoms with Crippen LogP contribution in [0.4, 0.5) is 8.78 Å². The average Bonchev–Trinajstić information content (AvgIpc) is 3.51. The molecule has 1 aliphatic rings. The molecular weight excluding hydrogens is 460 g/mol. The molecule has 1 fully saturated rings. The Morgan fingerprint density at radius 1 is 1.33 bits per heavy atom. The normalized spacial score (nSPS) is 14.2. The number of pyridine rings is 1. The van der Waals surface area contributed by atoms with Gasteiger partial charge in [0, 0.05) is 34.8 Å². The van der Waals surface area contributed by atoms with Gasteiger partial charge in [0.25, 0.3) is 5.56 Å². The topological polar surface area (TPSA) is 68.5 Å². The minimum Gasteiger partial charge on any atom is -0.393 e. The number of nitrogens with zero attached hydrogens (tertiary/aromatic N) is 1. The third-order valence-corrected chi connectivity index (χ3v) is 5.63. The highest BCUT2D eigenvalue weighted by atomic mass is 79.9. The Morgan fingerprint density at radius 2 is 2.03 bits per heavy atom. The number of hydrogen-bond donors (Lipinski definition) is 1. The van der Waals surface area contributed by atoms with E-state index in [0.717, 1.165) is 12.8 Å². The van der Waals surface area contributed by atoms with Crippen LogP contribution in [0, 0.1) is 17.6 Å². The van der Waals surface area contributed by atoms with E-state index < -0.39 is 35.2 Å². The Labute approximate surface area is 181 Å². The van der Waals surface area contributed by atoms with E-state index in [1.807, 2.05) is 0 Å². The number of carbonyl (C=O) groups excluding carboxylic acids is 1. The van der Waals surface area contributed by atoms with Gasteiger partial charge in [0.05, 0.1) is 12.2 Å². The molecule has 162 valence electrons. The van der Waals surface area contributed by atoms with Crippen molar-refractivity contribution in [1.82, 2.24) is 4.57 Å². The lowest BCUT2D eigenvalue weighted by Gasteiger charge is -2.22. The second-order valence-corrected chi connectivity index (χ2v) is 9.19. The van der Waals surface area contributed by atoms with Gasteiger partial charge in [-0.05, 0) is 50.3 Å². The molecule has 3 rings (SSSR count). The van der Waals surface area contributed by atoms with Gasteiger partial charge >= 0.3 is 0 Å². The standard InChI is InChI=1S/C22H24BrF2NO4/c1-22(2,12-27)30-11-19(28)17-10-26(9-13-3-4-13)21(29)20(25)16(17)7-14-5-6-15(23)8-18(14)24/h5-6,8,10,13,27H,3-4,7,9,11-12H2,1-2H3. The molecule has 0 unspecified atom stereocenters. The number of ketones is 1. The Hall–Kier alpha value is -1.90. The van der Waals surface area contributed by atoms with Gasteiger partial charge in [-0.1, -0.05) is 22.0 Å². The smallest absolute Gasteiger partial charge is 0.286 e. The van der Waals surface area contributed by atoms with Crippen LogP contribution in [0.3, 0.4) is 0 Å².